The number of halogens is 2. The maximum absolute atomic E-state index is 13.7. The van der Waals surface area contributed by atoms with Crippen LogP contribution in [-0.4, -0.2) is 20.9 Å². The van der Waals surface area contributed by atoms with Gasteiger partial charge in [0.2, 0.25) is 0 Å². The zero-order valence-electron chi connectivity index (χ0n) is 10.2. The van der Waals surface area contributed by atoms with E-state index < -0.39 is 17.6 Å². The fourth-order valence-electron chi connectivity index (χ4n) is 1.83. The molecule has 19 heavy (non-hydrogen) atoms. The summed E-state index contributed by atoms with van der Waals surface area (Å²) in [5.74, 6) is -2.23. The lowest BCUT2D eigenvalue weighted by Crippen LogP contribution is -1.99. The van der Waals surface area contributed by atoms with E-state index in [0.29, 0.717) is 11.4 Å². The predicted octanol–water partition coefficient (Wildman–Crippen LogP) is 2.38. The standard InChI is InChI=1S/C13H12F2N2O2/c1-17-12(7-9(16-17)3-5-13(18)19)10-4-2-8(14)6-11(10)15/h2,4,6-7H,3,5H2,1H3,(H,18,19). The smallest absolute Gasteiger partial charge is 0.303 e. The Morgan fingerprint density at radius 1 is 1.37 bits per heavy atom. The summed E-state index contributed by atoms with van der Waals surface area (Å²) in [5, 5.41) is 12.7. The Morgan fingerprint density at radius 3 is 2.74 bits per heavy atom. The van der Waals surface area contributed by atoms with Crippen LogP contribution < -0.4 is 0 Å². The summed E-state index contributed by atoms with van der Waals surface area (Å²) in [4.78, 5) is 10.5. The molecule has 0 fully saturated rings. The van der Waals surface area contributed by atoms with Crippen molar-refractivity contribution in [2.75, 3.05) is 0 Å². The number of aliphatic carboxylic acids is 1. The summed E-state index contributed by atoms with van der Waals surface area (Å²) in [5.41, 5.74) is 1.28. The number of benzene rings is 1. The molecule has 1 heterocycles. The number of aryl methyl sites for hydroxylation is 2. The predicted molar refractivity (Wildman–Crippen MR) is 64.5 cm³/mol. The quantitative estimate of drug-likeness (QED) is 0.924. The summed E-state index contributed by atoms with van der Waals surface area (Å²) in [6.07, 6.45) is 0.230. The molecule has 0 saturated carbocycles. The number of carbonyl (C=O) groups is 1. The van der Waals surface area contributed by atoms with Crippen molar-refractivity contribution in [3.8, 4) is 11.3 Å². The van der Waals surface area contributed by atoms with E-state index in [4.69, 9.17) is 5.11 Å². The largest absolute Gasteiger partial charge is 0.481 e. The minimum Gasteiger partial charge on any atom is -0.481 e. The Kier molecular flexibility index (Phi) is 3.59. The third kappa shape index (κ3) is 2.96. The molecule has 0 unspecified atom stereocenters. The molecule has 0 spiro atoms. The molecule has 100 valence electrons. The van der Waals surface area contributed by atoms with Gasteiger partial charge in [-0.05, 0) is 18.2 Å². The van der Waals surface area contributed by atoms with Crippen molar-refractivity contribution in [2.45, 2.75) is 12.8 Å². The molecule has 1 aromatic heterocycles. The first-order valence-electron chi connectivity index (χ1n) is 5.67. The van der Waals surface area contributed by atoms with Crippen molar-refractivity contribution in [3.05, 3.63) is 41.6 Å². The van der Waals surface area contributed by atoms with Crippen LogP contribution in [0.25, 0.3) is 11.3 Å². The van der Waals surface area contributed by atoms with Crippen LogP contribution in [0, 0.1) is 11.6 Å². The van der Waals surface area contributed by atoms with E-state index >= 15 is 0 Å². The van der Waals surface area contributed by atoms with Crippen LogP contribution in [0.2, 0.25) is 0 Å². The Bertz CT molecular complexity index is 623. The molecule has 0 aliphatic heterocycles. The zero-order valence-corrected chi connectivity index (χ0v) is 10.2. The van der Waals surface area contributed by atoms with Crippen LogP contribution in [0.1, 0.15) is 12.1 Å². The highest BCUT2D eigenvalue weighted by Crippen LogP contribution is 2.24. The molecular weight excluding hydrogens is 254 g/mol. The first-order valence-corrected chi connectivity index (χ1v) is 5.67. The topological polar surface area (TPSA) is 55.1 Å². The number of aromatic nitrogens is 2. The van der Waals surface area contributed by atoms with Gasteiger partial charge in [0.25, 0.3) is 0 Å². The Balaban J connectivity index is 2.32. The summed E-state index contributed by atoms with van der Waals surface area (Å²) < 4.78 is 28.0. The van der Waals surface area contributed by atoms with Gasteiger partial charge in [-0.1, -0.05) is 0 Å². The minimum atomic E-state index is -0.917. The average molecular weight is 266 g/mol. The summed E-state index contributed by atoms with van der Waals surface area (Å²) in [6.45, 7) is 0. The molecule has 0 aliphatic rings. The second kappa shape index (κ2) is 5.17. The monoisotopic (exact) mass is 266 g/mol. The second-order valence-corrected chi connectivity index (χ2v) is 4.16. The SMILES string of the molecule is Cn1nc(CCC(=O)O)cc1-c1ccc(F)cc1F. The molecule has 1 aromatic carbocycles. The van der Waals surface area contributed by atoms with Gasteiger partial charge in [0.05, 0.1) is 17.8 Å². The van der Waals surface area contributed by atoms with Crippen LogP contribution in [0.15, 0.2) is 24.3 Å². The van der Waals surface area contributed by atoms with Gasteiger partial charge in [-0.3, -0.25) is 9.48 Å². The van der Waals surface area contributed by atoms with E-state index in [9.17, 15) is 13.6 Å². The van der Waals surface area contributed by atoms with Gasteiger partial charge in [-0.25, -0.2) is 8.78 Å². The number of nitrogens with zero attached hydrogens (tertiary/aromatic N) is 2. The van der Waals surface area contributed by atoms with Gasteiger partial charge < -0.3 is 5.11 Å². The molecule has 0 atom stereocenters. The van der Waals surface area contributed by atoms with Gasteiger partial charge in [0.1, 0.15) is 11.6 Å². The van der Waals surface area contributed by atoms with Gasteiger partial charge in [-0.15, -0.1) is 0 Å². The van der Waals surface area contributed by atoms with Crippen molar-refractivity contribution < 1.29 is 18.7 Å². The fraction of sp³-hybridized carbons (Fsp3) is 0.231. The van der Waals surface area contributed by atoms with Crippen molar-refractivity contribution in [1.82, 2.24) is 9.78 Å². The lowest BCUT2D eigenvalue weighted by atomic mass is 10.1. The number of carboxylic acids is 1. The fourth-order valence-corrected chi connectivity index (χ4v) is 1.83. The van der Waals surface area contributed by atoms with Crippen molar-refractivity contribution >= 4 is 5.97 Å². The van der Waals surface area contributed by atoms with E-state index in [1.54, 1.807) is 13.1 Å². The first kappa shape index (κ1) is 13.2. The third-order valence-corrected chi connectivity index (χ3v) is 2.73. The highest BCUT2D eigenvalue weighted by molar-refractivity contribution is 5.67. The Hall–Kier alpha value is -2.24. The third-order valence-electron chi connectivity index (χ3n) is 2.73. The number of hydrogen-bond acceptors (Lipinski definition) is 2. The summed E-state index contributed by atoms with van der Waals surface area (Å²) in [6, 6.07) is 4.92. The average Bonchev–Trinajstić information content (AvgIpc) is 2.68. The van der Waals surface area contributed by atoms with E-state index in [1.807, 2.05) is 0 Å². The van der Waals surface area contributed by atoms with Crippen molar-refractivity contribution in [2.24, 2.45) is 7.05 Å². The molecule has 0 radical (unpaired) electrons. The van der Waals surface area contributed by atoms with Crippen molar-refractivity contribution in [3.63, 3.8) is 0 Å². The molecule has 4 nitrogen and oxygen atoms in total. The van der Waals surface area contributed by atoms with Crippen LogP contribution in [-0.2, 0) is 18.3 Å². The molecule has 0 saturated heterocycles. The zero-order chi connectivity index (χ0) is 14.0. The molecule has 6 heteroatoms. The molecule has 0 amide bonds. The van der Waals surface area contributed by atoms with Gasteiger partial charge in [0.15, 0.2) is 0 Å². The Labute approximate surface area is 108 Å². The summed E-state index contributed by atoms with van der Waals surface area (Å²) in [7, 11) is 1.63. The van der Waals surface area contributed by atoms with Gasteiger partial charge in [-0.2, -0.15) is 5.10 Å². The number of carboxylic acid groups (broad SMARTS) is 1. The van der Waals surface area contributed by atoms with Crippen LogP contribution in [0.5, 0.6) is 0 Å². The maximum Gasteiger partial charge on any atom is 0.303 e. The summed E-state index contributed by atoms with van der Waals surface area (Å²) >= 11 is 0. The molecule has 1 N–H and O–H groups in total. The highest BCUT2D eigenvalue weighted by atomic mass is 19.1. The van der Waals surface area contributed by atoms with E-state index in [-0.39, 0.29) is 18.4 Å². The highest BCUT2D eigenvalue weighted by Gasteiger charge is 2.13. The maximum atomic E-state index is 13.7. The molecule has 2 aromatic rings. The lowest BCUT2D eigenvalue weighted by Gasteiger charge is -2.03. The Morgan fingerprint density at radius 2 is 2.11 bits per heavy atom. The van der Waals surface area contributed by atoms with Gasteiger partial charge in [0, 0.05) is 25.1 Å². The number of hydrogen-bond donors (Lipinski definition) is 1. The van der Waals surface area contributed by atoms with Crippen LogP contribution in [0.4, 0.5) is 8.78 Å². The normalized spacial score (nSPS) is 10.7. The van der Waals surface area contributed by atoms with E-state index in [0.717, 1.165) is 6.07 Å². The lowest BCUT2D eigenvalue weighted by molar-refractivity contribution is -0.136. The molecular formula is C13H12F2N2O2. The molecule has 2 rings (SSSR count). The van der Waals surface area contributed by atoms with E-state index in [2.05, 4.69) is 5.10 Å². The molecule has 0 aliphatic carbocycles. The van der Waals surface area contributed by atoms with Gasteiger partial charge >= 0.3 is 5.97 Å². The van der Waals surface area contributed by atoms with Crippen LogP contribution in [0.3, 0.4) is 0 Å². The second-order valence-electron chi connectivity index (χ2n) is 4.16. The van der Waals surface area contributed by atoms with Crippen molar-refractivity contribution in [1.29, 1.82) is 0 Å². The first-order chi connectivity index (χ1) is 8.97. The number of rotatable bonds is 4. The van der Waals surface area contributed by atoms with E-state index in [1.165, 1.54) is 16.8 Å². The van der Waals surface area contributed by atoms with Crippen LogP contribution >= 0.6 is 0 Å². The minimum absolute atomic E-state index is 0.0393. The molecule has 0 bridgehead atoms.